The molecule has 1 fully saturated rings. The normalized spacial score (nSPS) is 19.9. The van der Waals surface area contributed by atoms with E-state index in [0.29, 0.717) is 24.2 Å². The van der Waals surface area contributed by atoms with Gasteiger partial charge in [-0.05, 0) is 66.8 Å². The van der Waals surface area contributed by atoms with Gasteiger partial charge in [0.05, 0.1) is 11.4 Å². The summed E-state index contributed by atoms with van der Waals surface area (Å²) in [5.74, 6) is 0.545. The molecule has 8 heteroatoms. The number of hydrogen-bond donors (Lipinski definition) is 1. The van der Waals surface area contributed by atoms with Gasteiger partial charge in [-0.2, -0.15) is 0 Å². The molecule has 2 aliphatic rings. The average molecular weight is 434 g/mol. The van der Waals surface area contributed by atoms with Gasteiger partial charge in [-0.25, -0.2) is 12.7 Å². The minimum Gasteiger partial charge on any atom is -0.325 e. The summed E-state index contributed by atoms with van der Waals surface area (Å²) in [5.41, 5.74) is 2.79. The molecule has 1 aliphatic carbocycles. The Balaban J connectivity index is 1.50. The third-order valence-corrected chi connectivity index (χ3v) is 8.60. The van der Waals surface area contributed by atoms with Crippen LogP contribution in [0.4, 0.5) is 5.69 Å². The molecular weight excluding hydrogens is 406 g/mol. The lowest BCUT2D eigenvalue weighted by Crippen LogP contribution is -2.41. The summed E-state index contributed by atoms with van der Waals surface area (Å²) in [6.07, 6.45) is 3.43. The summed E-state index contributed by atoms with van der Waals surface area (Å²) in [7, 11) is -0.544. The van der Waals surface area contributed by atoms with Gasteiger partial charge in [0.2, 0.25) is 15.9 Å². The Labute approximate surface area is 176 Å². The lowest BCUT2D eigenvalue weighted by Gasteiger charge is -2.35. The molecule has 4 rings (SSSR count). The van der Waals surface area contributed by atoms with Crippen molar-refractivity contribution < 1.29 is 13.2 Å². The van der Waals surface area contributed by atoms with Crippen LogP contribution in [0, 0.1) is 12.8 Å². The van der Waals surface area contributed by atoms with Crippen LogP contribution in [-0.4, -0.2) is 50.7 Å². The molecule has 0 radical (unpaired) electrons. The lowest BCUT2D eigenvalue weighted by molar-refractivity contribution is -0.118. The van der Waals surface area contributed by atoms with Gasteiger partial charge < -0.3 is 5.32 Å². The standard InChI is InChI=1S/C21H27N3O3S2/c1-14-4-7-16(29(26,27)23(2)3)12-18(14)22-20(25)13-24-10-8-19-17(9-11-28-19)21(24)15-5-6-15/h4,7,9,11-12,15,21H,5-6,8,10,13H2,1-3H3,(H,22,25)/t21-/m1/s1. The fourth-order valence-corrected chi connectivity index (χ4v) is 5.86. The van der Waals surface area contributed by atoms with Crippen molar-refractivity contribution in [2.75, 3.05) is 32.5 Å². The highest BCUT2D eigenvalue weighted by molar-refractivity contribution is 7.89. The van der Waals surface area contributed by atoms with Gasteiger partial charge in [-0.3, -0.25) is 9.69 Å². The van der Waals surface area contributed by atoms with Crippen molar-refractivity contribution in [2.24, 2.45) is 5.92 Å². The smallest absolute Gasteiger partial charge is 0.242 e. The molecule has 0 saturated heterocycles. The van der Waals surface area contributed by atoms with Crippen molar-refractivity contribution in [3.63, 3.8) is 0 Å². The predicted molar refractivity (Wildman–Crippen MR) is 116 cm³/mol. The number of carbonyl (C=O) groups excluding carboxylic acids is 1. The van der Waals surface area contributed by atoms with Gasteiger partial charge in [0.1, 0.15) is 0 Å². The average Bonchev–Trinajstić information content (AvgIpc) is 3.39. The van der Waals surface area contributed by atoms with E-state index < -0.39 is 10.0 Å². The SMILES string of the molecule is Cc1ccc(S(=O)(=O)N(C)C)cc1NC(=O)CN1CCc2sccc2[C@H]1C1CC1. The molecule has 6 nitrogen and oxygen atoms in total. The number of rotatable bonds is 6. The van der Waals surface area contributed by atoms with Crippen LogP contribution >= 0.6 is 11.3 Å². The number of thiophene rings is 1. The first-order valence-electron chi connectivity index (χ1n) is 9.90. The van der Waals surface area contributed by atoms with E-state index in [2.05, 4.69) is 21.7 Å². The monoisotopic (exact) mass is 433 g/mol. The molecule has 0 bridgehead atoms. The summed E-state index contributed by atoms with van der Waals surface area (Å²) < 4.78 is 26.0. The van der Waals surface area contributed by atoms with Crippen LogP contribution in [0.15, 0.2) is 34.5 Å². The van der Waals surface area contributed by atoms with E-state index in [4.69, 9.17) is 0 Å². The predicted octanol–water partition coefficient (Wildman–Crippen LogP) is 3.25. The first-order chi connectivity index (χ1) is 13.8. The Hall–Kier alpha value is -1.74. The first kappa shape index (κ1) is 20.5. The minimum absolute atomic E-state index is 0.100. The summed E-state index contributed by atoms with van der Waals surface area (Å²) in [6, 6.07) is 7.40. The summed E-state index contributed by atoms with van der Waals surface area (Å²) in [5, 5.41) is 5.10. The van der Waals surface area contributed by atoms with Crippen molar-refractivity contribution in [2.45, 2.75) is 37.1 Å². The van der Waals surface area contributed by atoms with Crippen LogP contribution in [0.2, 0.25) is 0 Å². The van der Waals surface area contributed by atoms with Gasteiger partial charge in [0.15, 0.2) is 0 Å². The number of hydrogen-bond acceptors (Lipinski definition) is 5. The number of sulfonamides is 1. The van der Waals surface area contributed by atoms with E-state index >= 15 is 0 Å². The Kier molecular flexibility index (Phi) is 5.54. The summed E-state index contributed by atoms with van der Waals surface area (Å²) in [4.78, 5) is 16.8. The van der Waals surface area contributed by atoms with E-state index in [1.165, 1.54) is 41.7 Å². The molecule has 1 aromatic carbocycles. The molecule has 1 aromatic heterocycles. The molecule has 2 heterocycles. The molecular formula is C21H27N3O3S2. The molecule has 156 valence electrons. The molecule has 1 N–H and O–H groups in total. The quantitative estimate of drug-likeness (QED) is 0.759. The Morgan fingerprint density at radius 2 is 2.03 bits per heavy atom. The zero-order valence-corrected chi connectivity index (χ0v) is 18.6. The zero-order chi connectivity index (χ0) is 20.8. The fraction of sp³-hybridized carbons (Fsp3) is 0.476. The number of aryl methyl sites for hydroxylation is 1. The van der Waals surface area contributed by atoms with Gasteiger partial charge in [-0.15, -0.1) is 11.3 Å². The van der Waals surface area contributed by atoms with E-state index in [-0.39, 0.29) is 10.8 Å². The van der Waals surface area contributed by atoms with E-state index in [1.54, 1.807) is 18.2 Å². The van der Waals surface area contributed by atoms with Crippen LogP contribution < -0.4 is 5.32 Å². The number of nitrogens with one attached hydrogen (secondary N) is 1. The molecule has 1 amide bonds. The number of amides is 1. The number of nitrogens with zero attached hydrogens (tertiary/aromatic N) is 2. The molecule has 29 heavy (non-hydrogen) atoms. The largest absolute Gasteiger partial charge is 0.325 e. The lowest BCUT2D eigenvalue weighted by atomic mass is 9.96. The second-order valence-corrected chi connectivity index (χ2v) is 11.3. The Bertz CT molecular complexity index is 1030. The van der Waals surface area contributed by atoms with Crippen LogP contribution in [0.3, 0.4) is 0 Å². The van der Waals surface area contributed by atoms with Crippen molar-refractivity contribution in [1.29, 1.82) is 0 Å². The maximum absolute atomic E-state index is 12.9. The molecule has 1 saturated carbocycles. The first-order valence-corrected chi connectivity index (χ1v) is 12.2. The zero-order valence-electron chi connectivity index (χ0n) is 17.0. The number of anilines is 1. The molecule has 1 atom stereocenters. The van der Waals surface area contributed by atoms with Crippen molar-refractivity contribution in [1.82, 2.24) is 9.21 Å². The third-order valence-electron chi connectivity index (χ3n) is 5.79. The van der Waals surface area contributed by atoms with Crippen LogP contribution in [0.5, 0.6) is 0 Å². The van der Waals surface area contributed by atoms with Gasteiger partial charge in [-0.1, -0.05) is 6.07 Å². The van der Waals surface area contributed by atoms with Crippen molar-refractivity contribution in [3.05, 3.63) is 45.6 Å². The van der Waals surface area contributed by atoms with Crippen molar-refractivity contribution >= 4 is 33.0 Å². The highest BCUT2D eigenvalue weighted by Crippen LogP contribution is 2.48. The second kappa shape index (κ2) is 7.83. The van der Waals surface area contributed by atoms with Crippen LogP contribution in [0.1, 0.15) is 34.9 Å². The maximum atomic E-state index is 12.9. The van der Waals surface area contributed by atoms with Crippen molar-refractivity contribution in [3.8, 4) is 0 Å². The highest BCUT2D eigenvalue weighted by Gasteiger charge is 2.40. The van der Waals surface area contributed by atoms with Crippen LogP contribution in [-0.2, 0) is 21.2 Å². The Morgan fingerprint density at radius 1 is 1.28 bits per heavy atom. The van der Waals surface area contributed by atoms with E-state index in [1.807, 2.05) is 18.3 Å². The van der Waals surface area contributed by atoms with E-state index in [9.17, 15) is 13.2 Å². The third kappa shape index (κ3) is 4.12. The fourth-order valence-electron chi connectivity index (χ4n) is 4.02. The number of fused-ring (bicyclic) bond motifs is 1. The second-order valence-electron chi connectivity index (χ2n) is 8.11. The number of benzene rings is 1. The highest BCUT2D eigenvalue weighted by atomic mass is 32.2. The van der Waals surface area contributed by atoms with E-state index in [0.717, 1.165) is 18.5 Å². The summed E-state index contributed by atoms with van der Waals surface area (Å²) in [6.45, 7) is 3.07. The molecule has 1 aliphatic heterocycles. The molecule has 0 spiro atoms. The number of carbonyl (C=O) groups is 1. The molecule has 0 unspecified atom stereocenters. The van der Waals surface area contributed by atoms with Gasteiger partial charge in [0, 0.05) is 37.2 Å². The van der Waals surface area contributed by atoms with Gasteiger partial charge in [0.25, 0.3) is 0 Å². The topological polar surface area (TPSA) is 69.7 Å². The summed E-state index contributed by atoms with van der Waals surface area (Å²) >= 11 is 1.82. The molecule has 2 aromatic rings. The maximum Gasteiger partial charge on any atom is 0.242 e. The minimum atomic E-state index is -3.55. The Morgan fingerprint density at radius 3 is 2.72 bits per heavy atom. The van der Waals surface area contributed by atoms with Crippen LogP contribution in [0.25, 0.3) is 0 Å². The van der Waals surface area contributed by atoms with Gasteiger partial charge >= 0.3 is 0 Å².